The Balaban J connectivity index is 1.69. The van der Waals surface area contributed by atoms with E-state index in [1.165, 1.54) is 37.1 Å². The summed E-state index contributed by atoms with van der Waals surface area (Å²) in [5.74, 6) is 1.04. The lowest BCUT2D eigenvalue weighted by atomic mass is 9.85. The second-order valence-electron chi connectivity index (χ2n) is 8.76. The first-order valence-corrected chi connectivity index (χ1v) is 11.9. The van der Waals surface area contributed by atoms with Gasteiger partial charge in [-0.1, -0.05) is 32.3 Å². The van der Waals surface area contributed by atoms with Crippen LogP contribution in [0.25, 0.3) is 5.70 Å². The highest BCUT2D eigenvalue weighted by atomic mass is 19.4. The van der Waals surface area contributed by atoms with Crippen LogP contribution in [0, 0.1) is 0 Å². The van der Waals surface area contributed by atoms with Crippen molar-refractivity contribution in [1.82, 2.24) is 14.8 Å². The van der Waals surface area contributed by atoms with Gasteiger partial charge in [0.15, 0.2) is 0 Å². The molecule has 0 bridgehead atoms. The number of halogens is 3. The summed E-state index contributed by atoms with van der Waals surface area (Å²) < 4.78 is 47.6. The van der Waals surface area contributed by atoms with Gasteiger partial charge in [0.25, 0.3) is 0 Å². The molecule has 2 aromatic heterocycles. The molecule has 0 amide bonds. The summed E-state index contributed by atoms with van der Waals surface area (Å²) in [6.07, 6.45) is 7.09. The zero-order valence-corrected chi connectivity index (χ0v) is 19.9. The Hall–Kier alpha value is -3.49. The number of anilines is 2. The fourth-order valence-electron chi connectivity index (χ4n) is 4.51. The van der Waals surface area contributed by atoms with E-state index >= 15 is 0 Å². The number of allylic oxidation sites excluding steroid dienone is 1. The molecule has 0 unspecified atom stereocenters. The van der Waals surface area contributed by atoms with E-state index < -0.39 is 17.6 Å². The molecule has 3 N–H and O–H groups in total. The Bertz CT molecular complexity index is 1200. The van der Waals surface area contributed by atoms with Gasteiger partial charge < -0.3 is 15.8 Å². The van der Waals surface area contributed by atoms with Crippen LogP contribution < -0.4 is 15.8 Å². The van der Waals surface area contributed by atoms with Gasteiger partial charge in [-0.25, -0.2) is 4.98 Å². The Morgan fingerprint density at radius 2 is 2.00 bits per heavy atom. The Morgan fingerprint density at radius 3 is 2.71 bits per heavy atom. The number of alkyl halides is 3. The number of nitrogens with two attached hydrogens (primary N) is 1. The zero-order chi connectivity index (χ0) is 25.0. The monoisotopic (exact) mass is 485 g/mol. The third-order valence-electron chi connectivity index (χ3n) is 6.28. The van der Waals surface area contributed by atoms with E-state index in [1.54, 1.807) is 22.9 Å². The van der Waals surface area contributed by atoms with Crippen molar-refractivity contribution >= 4 is 17.2 Å². The maximum Gasteiger partial charge on any atom is 0.421 e. The predicted octanol–water partition coefficient (Wildman–Crippen LogP) is 7.13. The molecule has 6 nitrogen and oxygen atoms in total. The molecule has 0 spiro atoms. The Labute approximate surface area is 203 Å². The van der Waals surface area contributed by atoms with Gasteiger partial charge in [-0.3, -0.25) is 4.68 Å². The number of rotatable bonds is 7. The van der Waals surface area contributed by atoms with Gasteiger partial charge in [0.2, 0.25) is 5.88 Å². The van der Waals surface area contributed by atoms with E-state index in [4.69, 9.17) is 10.5 Å². The number of pyridine rings is 1. The van der Waals surface area contributed by atoms with Crippen molar-refractivity contribution in [1.29, 1.82) is 0 Å². The fraction of sp³-hybridized carbons (Fsp3) is 0.385. The van der Waals surface area contributed by atoms with Gasteiger partial charge in [-0.2, -0.15) is 18.3 Å². The number of hydrogen-bond donors (Lipinski definition) is 2. The topological polar surface area (TPSA) is 78.0 Å². The molecule has 9 heteroatoms. The number of nitrogens with one attached hydrogen (secondary N) is 1. The largest absolute Gasteiger partial charge is 0.438 e. The van der Waals surface area contributed by atoms with E-state index in [9.17, 15) is 13.2 Å². The quantitative estimate of drug-likeness (QED) is 0.372. The van der Waals surface area contributed by atoms with Crippen LogP contribution in [0.2, 0.25) is 0 Å². The Morgan fingerprint density at radius 1 is 1.23 bits per heavy atom. The van der Waals surface area contributed by atoms with Crippen molar-refractivity contribution in [3.63, 3.8) is 0 Å². The summed E-state index contributed by atoms with van der Waals surface area (Å²) in [6, 6.07) is 7.17. The minimum atomic E-state index is -4.58. The second kappa shape index (κ2) is 10.4. The molecule has 3 aromatic rings. The van der Waals surface area contributed by atoms with E-state index in [0.717, 1.165) is 30.4 Å². The smallest absolute Gasteiger partial charge is 0.421 e. The molecule has 4 rings (SSSR count). The summed E-state index contributed by atoms with van der Waals surface area (Å²) in [5.41, 5.74) is 8.44. The standard InChI is InChI=1S/C26H30F3N5O/c1-3-8-22(30)19-15-18(35-25-21(26(27,28)29)11-7-14-31-25)12-13-23(19)33-24-20(16-32-34(24)2)17-9-5-4-6-10-17/h7-8,11-17,33H,3-6,9-10,30H2,1-2H3/b22-8+. The number of aryl methyl sites for hydroxylation is 1. The van der Waals surface area contributed by atoms with Gasteiger partial charge in [0, 0.05) is 35.8 Å². The SMILES string of the molecule is CC/C=C(/N)c1cc(Oc2ncccc2C(F)(F)F)ccc1Nc1c(C2CCCCC2)cnn1C. The highest BCUT2D eigenvalue weighted by Gasteiger charge is 2.35. The number of aromatic nitrogens is 3. The summed E-state index contributed by atoms with van der Waals surface area (Å²) in [5, 5.41) is 7.95. The summed E-state index contributed by atoms with van der Waals surface area (Å²) in [4.78, 5) is 3.79. The van der Waals surface area contributed by atoms with Gasteiger partial charge >= 0.3 is 6.18 Å². The van der Waals surface area contributed by atoms with Crippen LogP contribution >= 0.6 is 0 Å². The molecule has 186 valence electrons. The van der Waals surface area contributed by atoms with Crippen molar-refractivity contribution in [2.75, 3.05) is 5.32 Å². The highest BCUT2D eigenvalue weighted by Crippen LogP contribution is 2.40. The number of hydrogen-bond acceptors (Lipinski definition) is 5. The minimum Gasteiger partial charge on any atom is -0.438 e. The third kappa shape index (κ3) is 5.61. The summed E-state index contributed by atoms with van der Waals surface area (Å²) in [6.45, 7) is 1.96. The molecule has 1 aromatic carbocycles. The zero-order valence-electron chi connectivity index (χ0n) is 19.9. The van der Waals surface area contributed by atoms with Crippen LogP contribution in [0.1, 0.15) is 68.1 Å². The van der Waals surface area contributed by atoms with E-state index in [0.29, 0.717) is 23.6 Å². The molecule has 0 radical (unpaired) electrons. The molecular weight excluding hydrogens is 455 g/mol. The lowest BCUT2D eigenvalue weighted by molar-refractivity contribution is -0.138. The summed E-state index contributed by atoms with van der Waals surface area (Å²) in [7, 11) is 1.89. The average Bonchev–Trinajstić information content (AvgIpc) is 3.20. The maximum absolute atomic E-state index is 13.4. The first kappa shape index (κ1) is 24.6. The number of benzene rings is 1. The third-order valence-corrected chi connectivity index (χ3v) is 6.28. The van der Waals surface area contributed by atoms with E-state index in [2.05, 4.69) is 15.4 Å². The predicted molar refractivity (Wildman–Crippen MR) is 131 cm³/mol. The van der Waals surface area contributed by atoms with E-state index in [1.807, 2.05) is 26.2 Å². The molecule has 0 atom stereocenters. The van der Waals surface area contributed by atoms with Gasteiger partial charge in [0.05, 0.1) is 6.20 Å². The van der Waals surface area contributed by atoms with Crippen LogP contribution in [0.4, 0.5) is 24.7 Å². The van der Waals surface area contributed by atoms with Crippen molar-refractivity contribution < 1.29 is 17.9 Å². The molecule has 1 saturated carbocycles. The normalized spacial score (nSPS) is 15.3. The minimum absolute atomic E-state index is 0.208. The van der Waals surface area contributed by atoms with Gasteiger partial charge in [0.1, 0.15) is 17.1 Å². The van der Waals surface area contributed by atoms with Gasteiger partial charge in [-0.05, 0) is 55.5 Å². The van der Waals surface area contributed by atoms with Crippen LogP contribution in [0.15, 0.2) is 48.8 Å². The molecule has 0 saturated heterocycles. The second-order valence-corrected chi connectivity index (χ2v) is 8.76. The van der Waals surface area contributed by atoms with Crippen molar-refractivity contribution in [3.05, 3.63) is 65.5 Å². The lowest BCUT2D eigenvalue weighted by Gasteiger charge is -2.23. The average molecular weight is 486 g/mol. The Kier molecular flexibility index (Phi) is 7.33. The van der Waals surface area contributed by atoms with E-state index in [-0.39, 0.29) is 5.75 Å². The number of nitrogens with zero attached hydrogens (tertiary/aromatic N) is 3. The van der Waals surface area contributed by atoms with Crippen molar-refractivity contribution in [2.24, 2.45) is 12.8 Å². The van der Waals surface area contributed by atoms with Crippen molar-refractivity contribution in [3.8, 4) is 11.6 Å². The molecule has 1 aliphatic rings. The van der Waals surface area contributed by atoms with Crippen LogP contribution in [-0.2, 0) is 13.2 Å². The summed E-state index contributed by atoms with van der Waals surface area (Å²) >= 11 is 0. The first-order chi connectivity index (χ1) is 16.8. The molecule has 1 aliphatic carbocycles. The highest BCUT2D eigenvalue weighted by molar-refractivity contribution is 5.79. The molecule has 1 fully saturated rings. The molecule has 2 heterocycles. The lowest BCUT2D eigenvalue weighted by Crippen LogP contribution is -2.10. The molecule has 35 heavy (non-hydrogen) atoms. The molecular formula is C26H30F3N5O. The number of ether oxygens (including phenoxy) is 1. The van der Waals surface area contributed by atoms with Crippen LogP contribution in [0.5, 0.6) is 11.6 Å². The first-order valence-electron chi connectivity index (χ1n) is 11.9. The van der Waals surface area contributed by atoms with Crippen LogP contribution in [-0.4, -0.2) is 14.8 Å². The maximum atomic E-state index is 13.4. The van der Waals surface area contributed by atoms with Gasteiger partial charge in [-0.15, -0.1) is 0 Å². The van der Waals surface area contributed by atoms with Crippen LogP contribution in [0.3, 0.4) is 0 Å². The molecule has 0 aliphatic heterocycles. The fourth-order valence-corrected chi connectivity index (χ4v) is 4.51. The van der Waals surface area contributed by atoms with Crippen molar-refractivity contribution in [2.45, 2.75) is 57.5 Å².